The summed E-state index contributed by atoms with van der Waals surface area (Å²) in [7, 11) is 0. The Morgan fingerprint density at radius 1 is 1.14 bits per heavy atom. The molecular weight excluding hydrogens is 302 g/mol. The van der Waals surface area contributed by atoms with Crippen LogP contribution in [0.1, 0.15) is 29.2 Å². The fraction of sp³-hybridized carbons (Fsp3) is 0.308. The van der Waals surface area contributed by atoms with Crippen molar-refractivity contribution in [3.05, 3.63) is 40.5 Å². The lowest BCUT2D eigenvalue weighted by molar-refractivity contribution is -0.143. The van der Waals surface area contributed by atoms with E-state index in [9.17, 15) is 31.1 Å². The van der Waals surface area contributed by atoms with E-state index in [2.05, 4.69) is 0 Å². The minimum atomic E-state index is -5.02. The van der Waals surface area contributed by atoms with Gasteiger partial charge in [0.1, 0.15) is 0 Å². The van der Waals surface area contributed by atoms with Crippen molar-refractivity contribution in [1.82, 2.24) is 0 Å². The van der Waals surface area contributed by atoms with Crippen molar-refractivity contribution >= 4 is 12.0 Å². The van der Waals surface area contributed by atoms with Crippen LogP contribution in [0, 0.1) is 0 Å². The fourth-order valence-electron chi connectivity index (χ4n) is 1.87. The first kappa shape index (κ1) is 17.1. The number of rotatable bonds is 3. The fourth-order valence-corrected chi connectivity index (χ4v) is 1.87. The summed E-state index contributed by atoms with van der Waals surface area (Å²) in [4.78, 5) is 10.4. The summed E-state index contributed by atoms with van der Waals surface area (Å²) in [5, 5.41) is 8.44. The molecule has 1 aromatic carbocycles. The maximum atomic E-state index is 13.0. The van der Waals surface area contributed by atoms with Crippen LogP contribution in [-0.2, 0) is 23.6 Å². The van der Waals surface area contributed by atoms with Gasteiger partial charge in [-0.25, -0.2) is 4.79 Å². The molecule has 0 aromatic heterocycles. The summed E-state index contributed by atoms with van der Waals surface area (Å²) < 4.78 is 77.6. The average molecular weight is 312 g/mol. The number of alkyl halides is 6. The van der Waals surface area contributed by atoms with Gasteiger partial charge in [0.15, 0.2) is 0 Å². The minimum Gasteiger partial charge on any atom is -0.478 e. The number of halogens is 6. The lowest BCUT2D eigenvalue weighted by Crippen LogP contribution is -2.17. The first-order valence-electron chi connectivity index (χ1n) is 5.69. The van der Waals surface area contributed by atoms with Crippen molar-refractivity contribution in [3.63, 3.8) is 0 Å². The van der Waals surface area contributed by atoms with Gasteiger partial charge in [0.2, 0.25) is 0 Å². The van der Waals surface area contributed by atoms with Gasteiger partial charge < -0.3 is 5.11 Å². The number of carbonyl (C=O) groups is 1. The molecule has 0 bridgehead atoms. The lowest BCUT2D eigenvalue weighted by Gasteiger charge is -2.19. The van der Waals surface area contributed by atoms with Crippen molar-refractivity contribution in [1.29, 1.82) is 0 Å². The van der Waals surface area contributed by atoms with Crippen LogP contribution >= 0.6 is 0 Å². The predicted molar refractivity (Wildman–Crippen MR) is 62.5 cm³/mol. The van der Waals surface area contributed by atoms with Crippen LogP contribution in [0.15, 0.2) is 18.2 Å². The first-order chi connectivity index (χ1) is 9.48. The van der Waals surface area contributed by atoms with E-state index in [0.717, 1.165) is 6.07 Å². The van der Waals surface area contributed by atoms with Gasteiger partial charge in [-0.1, -0.05) is 13.0 Å². The van der Waals surface area contributed by atoms with E-state index in [4.69, 9.17) is 5.11 Å². The molecule has 0 saturated heterocycles. The van der Waals surface area contributed by atoms with Crippen LogP contribution < -0.4 is 0 Å². The van der Waals surface area contributed by atoms with Crippen molar-refractivity contribution in [2.75, 3.05) is 0 Å². The maximum Gasteiger partial charge on any atom is 0.417 e. The molecule has 1 rings (SSSR count). The van der Waals surface area contributed by atoms with Crippen molar-refractivity contribution in [2.24, 2.45) is 0 Å². The zero-order chi connectivity index (χ0) is 16.4. The van der Waals surface area contributed by atoms with Gasteiger partial charge in [-0.2, -0.15) is 26.3 Å². The molecule has 1 N–H and O–H groups in total. The van der Waals surface area contributed by atoms with Crippen molar-refractivity contribution < 1.29 is 36.2 Å². The monoisotopic (exact) mass is 312 g/mol. The minimum absolute atomic E-state index is 0.138. The third-order valence-electron chi connectivity index (χ3n) is 2.69. The summed E-state index contributed by atoms with van der Waals surface area (Å²) in [6, 6.07) is 1.28. The van der Waals surface area contributed by atoms with E-state index < -0.39 is 35.0 Å². The second-order valence-electron chi connectivity index (χ2n) is 4.08. The second kappa shape index (κ2) is 5.79. The Morgan fingerprint density at radius 2 is 1.71 bits per heavy atom. The van der Waals surface area contributed by atoms with Crippen LogP contribution in [0.25, 0.3) is 6.08 Å². The molecule has 0 aliphatic heterocycles. The number of aliphatic carboxylic acids is 1. The topological polar surface area (TPSA) is 37.3 Å². The quantitative estimate of drug-likeness (QED) is 0.664. The molecule has 0 radical (unpaired) electrons. The maximum absolute atomic E-state index is 13.0. The zero-order valence-electron chi connectivity index (χ0n) is 10.6. The Balaban J connectivity index is 3.75. The van der Waals surface area contributed by atoms with Gasteiger partial charge in [0.25, 0.3) is 0 Å². The number of hydrogen-bond acceptors (Lipinski definition) is 1. The molecule has 1 aromatic rings. The molecular formula is C13H10F6O2. The molecule has 8 heteroatoms. The molecule has 0 amide bonds. The Hall–Kier alpha value is -1.99. The van der Waals surface area contributed by atoms with E-state index in [0.29, 0.717) is 12.1 Å². The average Bonchev–Trinajstić information content (AvgIpc) is 2.32. The summed E-state index contributed by atoms with van der Waals surface area (Å²) in [6.07, 6.45) is -9.61. The normalized spacial score (nSPS) is 12.9. The summed E-state index contributed by atoms with van der Waals surface area (Å²) >= 11 is 0. The van der Waals surface area contributed by atoms with E-state index in [1.807, 2.05) is 0 Å². The molecule has 0 aliphatic carbocycles. The molecule has 21 heavy (non-hydrogen) atoms. The molecule has 0 spiro atoms. The van der Waals surface area contributed by atoms with E-state index in [1.54, 1.807) is 0 Å². The molecule has 0 fully saturated rings. The van der Waals surface area contributed by atoms with Gasteiger partial charge in [-0.15, -0.1) is 0 Å². The Kier molecular flexibility index (Phi) is 4.70. The third-order valence-corrected chi connectivity index (χ3v) is 2.69. The molecule has 116 valence electrons. The van der Waals surface area contributed by atoms with Gasteiger partial charge in [0.05, 0.1) is 11.1 Å². The molecule has 0 heterocycles. The molecule has 0 unspecified atom stereocenters. The molecule has 0 aliphatic rings. The lowest BCUT2D eigenvalue weighted by atomic mass is 9.93. The summed E-state index contributed by atoms with van der Waals surface area (Å²) in [5.74, 6) is -1.64. The third kappa shape index (κ3) is 3.99. The molecule has 0 atom stereocenters. The van der Waals surface area contributed by atoms with Gasteiger partial charge in [0, 0.05) is 6.08 Å². The van der Waals surface area contributed by atoms with Gasteiger partial charge >= 0.3 is 18.3 Å². The number of benzene rings is 1. The van der Waals surface area contributed by atoms with Gasteiger partial charge in [-0.3, -0.25) is 0 Å². The Bertz CT molecular complexity index is 569. The van der Waals surface area contributed by atoms with Crippen LogP contribution in [0.2, 0.25) is 0 Å². The van der Waals surface area contributed by atoms with Crippen LogP contribution in [0.3, 0.4) is 0 Å². The second-order valence-corrected chi connectivity index (χ2v) is 4.08. The van der Waals surface area contributed by atoms with Crippen LogP contribution in [0.4, 0.5) is 26.3 Å². The number of carboxylic acid groups (broad SMARTS) is 1. The number of aryl methyl sites for hydroxylation is 1. The summed E-state index contributed by atoms with van der Waals surface area (Å²) in [5.41, 5.74) is -4.50. The Labute approximate surface area is 115 Å². The number of carboxylic acids is 1. The van der Waals surface area contributed by atoms with E-state index in [1.165, 1.54) is 6.92 Å². The smallest absolute Gasteiger partial charge is 0.417 e. The van der Waals surface area contributed by atoms with Crippen molar-refractivity contribution in [2.45, 2.75) is 25.7 Å². The largest absolute Gasteiger partial charge is 0.478 e. The Morgan fingerprint density at radius 3 is 2.10 bits per heavy atom. The van der Waals surface area contributed by atoms with Crippen LogP contribution in [-0.4, -0.2) is 11.1 Å². The first-order valence-corrected chi connectivity index (χ1v) is 5.69. The zero-order valence-corrected chi connectivity index (χ0v) is 10.6. The van der Waals surface area contributed by atoms with E-state index >= 15 is 0 Å². The van der Waals surface area contributed by atoms with Crippen LogP contribution in [0.5, 0.6) is 0 Å². The van der Waals surface area contributed by atoms with Crippen molar-refractivity contribution in [3.8, 4) is 0 Å². The van der Waals surface area contributed by atoms with E-state index in [-0.39, 0.29) is 18.1 Å². The summed E-state index contributed by atoms with van der Waals surface area (Å²) in [6.45, 7) is 1.36. The standard InChI is InChI=1S/C13H10F6O2/c1-2-7-3-5-9(12(14,15)16)8(4-6-10(20)21)11(7)13(17,18)19/h3-6H,2H2,1H3,(H,20,21)/b6-4+. The highest BCUT2D eigenvalue weighted by molar-refractivity contribution is 5.86. The SMILES string of the molecule is CCc1ccc(C(F)(F)F)c(/C=C/C(=O)O)c1C(F)(F)F. The number of hydrogen-bond donors (Lipinski definition) is 1. The highest BCUT2D eigenvalue weighted by Crippen LogP contribution is 2.42. The molecule has 0 saturated carbocycles. The highest BCUT2D eigenvalue weighted by Gasteiger charge is 2.41. The predicted octanol–water partition coefficient (Wildman–Crippen LogP) is 4.38. The highest BCUT2D eigenvalue weighted by atomic mass is 19.4. The molecule has 2 nitrogen and oxygen atoms in total. The van der Waals surface area contributed by atoms with Gasteiger partial charge in [-0.05, 0) is 29.7 Å².